The van der Waals surface area contributed by atoms with Gasteiger partial charge in [0.2, 0.25) is 0 Å². The Labute approximate surface area is 114 Å². The van der Waals surface area contributed by atoms with Gasteiger partial charge in [0.15, 0.2) is 0 Å². The zero-order chi connectivity index (χ0) is 13.5. The first kappa shape index (κ1) is 13.7. The van der Waals surface area contributed by atoms with Crippen LogP contribution < -0.4 is 5.32 Å². The molecule has 0 saturated carbocycles. The number of rotatable bonds is 6. The van der Waals surface area contributed by atoms with Crippen LogP contribution in [-0.2, 0) is 0 Å². The molecule has 0 aliphatic rings. The molecule has 3 heteroatoms. The molecular weight excluding hydrogens is 236 g/mol. The number of aliphatic hydroxyl groups is 1. The van der Waals surface area contributed by atoms with Crippen molar-refractivity contribution in [3.05, 3.63) is 66.0 Å². The van der Waals surface area contributed by atoms with Crippen LogP contribution in [0.2, 0.25) is 0 Å². The summed E-state index contributed by atoms with van der Waals surface area (Å²) >= 11 is 0. The molecule has 0 spiro atoms. The van der Waals surface area contributed by atoms with Crippen LogP contribution in [-0.4, -0.2) is 23.2 Å². The Morgan fingerprint density at radius 1 is 1.05 bits per heavy atom. The molecule has 1 heterocycles. The number of aliphatic hydroxyl groups excluding tert-OH is 1. The van der Waals surface area contributed by atoms with E-state index in [1.54, 1.807) is 0 Å². The second-order valence-corrected chi connectivity index (χ2v) is 4.82. The number of hydrogen-bond acceptors (Lipinski definition) is 3. The van der Waals surface area contributed by atoms with E-state index in [4.69, 9.17) is 5.11 Å². The average molecular weight is 256 g/mol. The van der Waals surface area contributed by atoms with E-state index in [2.05, 4.69) is 22.4 Å². The fourth-order valence-corrected chi connectivity index (χ4v) is 2.01. The van der Waals surface area contributed by atoms with E-state index in [1.807, 2.05) is 49.6 Å². The van der Waals surface area contributed by atoms with Gasteiger partial charge in [0.05, 0.1) is 6.04 Å². The van der Waals surface area contributed by atoms with Crippen molar-refractivity contribution in [3.63, 3.8) is 0 Å². The second kappa shape index (κ2) is 7.02. The lowest BCUT2D eigenvalue weighted by Crippen LogP contribution is -2.28. The average Bonchev–Trinajstić information content (AvgIpc) is 2.49. The summed E-state index contributed by atoms with van der Waals surface area (Å²) in [5.74, 6) is 0.244. The Balaban J connectivity index is 2.19. The minimum Gasteiger partial charge on any atom is -0.396 e. The predicted octanol–water partition coefficient (Wildman–Crippen LogP) is 2.39. The van der Waals surface area contributed by atoms with Gasteiger partial charge < -0.3 is 10.4 Å². The summed E-state index contributed by atoms with van der Waals surface area (Å²) in [5.41, 5.74) is 2.41. The van der Waals surface area contributed by atoms with Gasteiger partial charge in [-0.3, -0.25) is 4.98 Å². The minimum atomic E-state index is 0.137. The molecule has 2 N–H and O–H groups in total. The molecule has 0 fully saturated rings. The highest BCUT2D eigenvalue weighted by atomic mass is 16.3. The van der Waals surface area contributed by atoms with Crippen molar-refractivity contribution in [2.24, 2.45) is 5.92 Å². The largest absolute Gasteiger partial charge is 0.396 e. The van der Waals surface area contributed by atoms with Gasteiger partial charge in [0.25, 0.3) is 0 Å². The third kappa shape index (κ3) is 3.88. The predicted molar refractivity (Wildman–Crippen MR) is 76.8 cm³/mol. The monoisotopic (exact) mass is 256 g/mol. The summed E-state index contributed by atoms with van der Waals surface area (Å²) in [6.45, 7) is 3.00. The van der Waals surface area contributed by atoms with Crippen molar-refractivity contribution in [3.8, 4) is 0 Å². The fourth-order valence-electron chi connectivity index (χ4n) is 2.01. The van der Waals surface area contributed by atoms with Crippen molar-refractivity contribution >= 4 is 0 Å². The topological polar surface area (TPSA) is 45.1 Å². The number of aromatic nitrogens is 1. The Morgan fingerprint density at radius 3 is 2.32 bits per heavy atom. The van der Waals surface area contributed by atoms with Gasteiger partial charge in [0.1, 0.15) is 0 Å². The fraction of sp³-hybridized carbons (Fsp3) is 0.312. The smallest absolute Gasteiger partial charge is 0.0577 e. The zero-order valence-corrected chi connectivity index (χ0v) is 11.2. The molecule has 0 aliphatic heterocycles. The summed E-state index contributed by atoms with van der Waals surface area (Å²) in [6.07, 6.45) is 3.62. The first-order valence-corrected chi connectivity index (χ1v) is 6.60. The molecule has 19 heavy (non-hydrogen) atoms. The molecule has 2 atom stereocenters. The minimum absolute atomic E-state index is 0.137. The van der Waals surface area contributed by atoms with Crippen LogP contribution in [0.25, 0.3) is 0 Å². The van der Waals surface area contributed by atoms with Gasteiger partial charge in [0, 0.05) is 25.5 Å². The van der Waals surface area contributed by atoms with Gasteiger partial charge in [-0.25, -0.2) is 0 Å². The van der Waals surface area contributed by atoms with Gasteiger partial charge >= 0.3 is 0 Å². The van der Waals surface area contributed by atoms with Crippen molar-refractivity contribution in [1.29, 1.82) is 0 Å². The SMILES string of the molecule is CC(CO)CNC(c1ccccc1)c1ccncc1. The van der Waals surface area contributed by atoms with E-state index in [1.165, 1.54) is 11.1 Å². The quantitative estimate of drug-likeness (QED) is 0.834. The van der Waals surface area contributed by atoms with Crippen LogP contribution in [0.3, 0.4) is 0 Å². The number of nitrogens with zero attached hydrogens (tertiary/aromatic N) is 1. The van der Waals surface area contributed by atoms with Crippen molar-refractivity contribution in [2.75, 3.05) is 13.2 Å². The van der Waals surface area contributed by atoms with Gasteiger partial charge in [-0.1, -0.05) is 37.3 Å². The van der Waals surface area contributed by atoms with Crippen LogP contribution in [0.4, 0.5) is 0 Å². The Morgan fingerprint density at radius 2 is 1.68 bits per heavy atom. The Bertz CT molecular complexity index is 433. The molecule has 1 aromatic heterocycles. The van der Waals surface area contributed by atoms with Gasteiger partial charge in [-0.15, -0.1) is 0 Å². The second-order valence-electron chi connectivity index (χ2n) is 4.82. The summed E-state index contributed by atoms with van der Waals surface area (Å²) < 4.78 is 0. The number of hydrogen-bond donors (Lipinski definition) is 2. The third-order valence-corrected chi connectivity index (χ3v) is 3.15. The van der Waals surface area contributed by atoms with Crippen LogP contribution in [0.5, 0.6) is 0 Å². The third-order valence-electron chi connectivity index (χ3n) is 3.15. The van der Waals surface area contributed by atoms with E-state index in [9.17, 15) is 0 Å². The van der Waals surface area contributed by atoms with Crippen LogP contribution in [0.15, 0.2) is 54.9 Å². The normalized spacial score (nSPS) is 14.0. The first-order chi connectivity index (χ1) is 9.31. The van der Waals surface area contributed by atoms with E-state index in [-0.39, 0.29) is 18.6 Å². The molecule has 0 aliphatic carbocycles. The Hall–Kier alpha value is -1.71. The molecule has 2 aromatic rings. The molecule has 0 saturated heterocycles. The maximum absolute atomic E-state index is 9.14. The molecule has 2 unspecified atom stereocenters. The van der Waals surface area contributed by atoms with E-state index < -0.39 is 0 Å². The summed E-state index contributed by atoms with van der Waals surface area (Å²) in [4.78, 5) is 4.07. The molecule has 3 nitrogen and oxygen atoms in total. The van der Waals surface area contributed by atoms with Crippen LogP contribution in [0.1, 0.15) is 24.1 Å². The summed E-state index contributed by atoms with van der Waals surface area (Å²) in [7, 11) is 0. The van der Waals surface area contributed by atoms with E-state index >= 15 is 0 Å². The van der Waals surface area contributed by atoms with Crippen LogP contribution in [0, 0.1) is 5.92 Å². The van der Waals surface area contributed by atoms with Crippen molar-refractivity contribution in [1.82, 2.24) is 10.3 Å². The lowest BCUT2D eigenvalue weighted by molar-refractivity contribution is 0.232. The molecule has 1 aromatic carbocycles. The van der Waals surface area contributed by atoms with Crippen molar-refractivity contribution in [2.45, 2.75) is 13.0 Å². The zero-order valence-electron chi connectivity index (χ0n) is 11.2. The summed E-state index contributed by atoms with van der Waals surface area (Å²) in [5, 5.41) is 12.7. The molecule has 0 bridgehead atoms. The summed E-state index contributed by atoms with van der Waals surface area (Å²) in [6, 6.07) is 14.5. The number of nitrogens with one attached hydrogen (secondary N) is 1. The molecule has 100 valence electrons. The maximum atomic E-state index is 9.14. The lowest BCUT2D eigenvalue weighted by Gasteiger charge is -2.21. The standard InChI is InChI=1S/C16H20N2O/c1-13(12-19)11-18-16(14-5-3-2-4-6-14)15-7-9-17-10-8-15/h2-10,13,16,18-19H,11-12H2,1H3. The highest BCUT2D eigenvalue weighted by Gasteiger charge is 2.14. The lowest BCUT2D eigenvalue weighted by atomic mass is 9.99. The Kier molecular flexibility index (Phi) is 5.07. The maximum Gasteiger partial charge on any atom is 0.0577 e. The highest BCUT2D eigenvalue weighted by Crippen LogP contribution is 2.21. The molecule has 0 amide bonds. The van der Waals surface area contributed by atoms with E-state index in [0.717, 1.165) is 6.54 Å². The highest BCUT2D eigenvalue weighted by molar-refractivity contribution is 5.30. The molecule has 0 radical (unpaired) electrons. The number of pyridine rings is 1. The van der Waals surface area contributed by atoms with Crippen LogP contribution >= 0.6 is 0 Å². The van der Waals surface area contributed by atoms with Crippen molar-refractivity contribution < 1.29 is 5.11 Å². The molecular formula is C16H20N2O. The van der Waals surface area contributed by atoms with E-state index in [0.29, 0.717) is 0 Å². The van der Waals surface area contributed by atoms with Gasteiger partial charge in [-0.2, -0.15) is 0 Å². The number of benzene rings is 1. The molecule has 2 rings (SSSR count). The van der Waals surface area contributed by atoms with Gasteiger partial charge in [-0.05, 0) is 29.2 Å². The first-order valence-electron chi connectivity index (χ1n) is 6.60.